The highest BCUT2D eigenvalue weighted by molar-refractivity contribution is 7.98. The number of carbonyl (C=O) groups is 1. The van der Waals surface area contributed by atoms with E-state index in [0.717, 1.165) is 11.1 Å². The number of morpholine rings is 1. The third-order valence-electron chi connectivity index (χ3n) is 4.69. The number of thioether (sulfide) groups is 1. The first kappa shape index (κ1) is 22.5. The molecule has 2 aromatic carbocycles. The van der Waals surface area contributed by atoms with Crippen LogP contribution in [0.2, 0.25) is 0 Å². The van der Waals surface area contributed by atoms with Crippen molar-refractivity contribution in [2.45, 2.75) is 22.6 Å². The monoisotopic (exact) mass is 447 g/mol. The van der Waals surface area contributed by atoms with Crippen LogP contribution in [0.4, 0.5) is 0 Å². The van der Waals surface area contributed by atoms with Gasteiger partial charge in [-0.15, -0.1) is 11.8 Å². The summed E-state index contributed by atoms with van der Waals surface area (Å²) in [4.78, 5) is 13.4. The fourth-order valence-corrected chi connectivity index (χ4v) is 4.76. The van der Waals surface area contributed by atoms with E-state index >= 15 is 0 Å². The molecule has 1 N–H and O–H groups in total. The van der Waals surface area contributed by atoms with E-state index in [0.29, 0.717) is 32.7 Å². The molecule has 3 rings (SSSR count). The molecule has 2 aromatic rings. The van der Waals surface area contributed by atoms with E-state index in [9.17, 15) is 13.2 Å². The first-order chi connectivity index (χ1) is 14.5. The molecule has 0 bridgehead atoms. The molecule has 7 nitrogen and oxygen atoms in total. The highest BCUT2D eigenvalue weighted by Gasteiger charge is 2.26. The number of sulfonamides is 1. The molecule has 0 aromatic heterocycles. The van der Waals surface area contributed by atoms with Crippen LogP contribution < -0.4 is 5.43 Å². The minimum Gasteiger partial charge on any atom is -0.379 e. The SMILES string of the molecule is CSc1ccc(/C=N/NC(=O)CCc2ccc(S(=O)(=O)N3CCOCC3)cc2)cc1. The number of hydrogen-bond donors (Lipinski definition) is 1. The molecule has 160 valence electrons. The van der Waals surface area contributed by atoms with E-state index in [2.05, 4.69) is 10.5 Å². The maximum Gasteiger partial charge on any atom is 0.243 e. The third kappa shape index (κ3) is 6.15. The number of amides is 1. The molecule has 1 aliphatic heterocycles. The molecule has 30 heavy (non-hydrogen) atoms. The van der Waals surface area contributed by atoms with Crippen LogP contribution in [0.1, 0.15) is 17.5 Å². The van der Waals surface area contributed by atoms with E-state index in [1.807, 2.05) is 30.5 Å². The second-order valence-electron chi connectivity index (χ2n) is 6.73. The van der Waals surface area contributed by atoms with Crippen molar-refractivity contribution in [1.29, 1.82) is 0 Å². The van der Waals surface area contributed by atoms with Crippen molar-refractivity contribution in [3.63, 3.8) is 0 Å². The molecule has 1 heterocycles. The molecule has 0 aliphatic carbocycles. The number of hydrogen-bond acceptors (Lipinski definition) is 6. The van der Waals surface area contributed by atoms with E-state index in [1.165, 1.54) is 9.20 Å². The average molecular weight is 448 g/mol. The molecular weight excluding hydrogens is 422 g/mol. The number of nitrogens with one attached hydrogen (secondary N) is 1. The number of carbonyl (C=O) groups excluding carboxylic acids is 1. The minimum absolute atomic E-state index is 0.197. The van der Waals surface area contributed by atoms with Crippen LogP contribution in [-0.4, -0.2) is 57.4 Å². The standard InChI is InChI=1S/C21H25N3O4S2/c1-29-19-7-2-18(3-8-19)16-22-23-21(25)11-6-17-4-9-20(10-5-17)30(26,27)24-12-14-28-15-13-24/h2-5,7-10,16H,6,11-15H2,1H3,(H,23,25)/b22-16+. The van der Waals surface area contributed by atoms with Crippen molar-refractivity contribution in [2.75, 3.05) is 32.6 Å². The average Bonchev–Trinajstić information content (AvgIpc) is 2.79. The van der Waals surface area contributed by atoms with Crippen LogP contribution in [0.25, 0.3) is 0 Å². The topological polar surface area (TPSA) is 88.1 Å². The number of hydrazone groups is 1. The zero-order valence-electron chi connectivity index (χ0n) is 16.8. The summed E-state index contributed by atoms with van der Waals surface area (Å²) in [6.07, 6.45) is 4.38. The van der Waals surface area contributed by atoms with Gasteiger partial charge in [-0.05, 0) is 48.1 Å². The lowest BCUT2D eigenvalue weighted by Gasteiger charge is -2.26. The van der Waals surface area contributed by atoms with Crippen LogP contribution >= 0.6 is 11.8 Å². The zero-order valence-corrected chi connectivity index (χ0v) is 18.4. The third-order valence-corrected chi connectivity index (χ3v) is 7.35. The number of aryl methyl sites for hydroxylation is 1. The largest absolute Gasteiger partial charge is 0.379 e. The molecule has 9 heteroatoms. The molecule has 1 aliphatic rings. The summed E-state index contributed by atoms with van der Waals surface area (Å²) in [5.41, 5.74) is 4.32. The van der Waals surface area contributed by atoms with Gasteiger partial charge < -0.3 is 4.74 Å². The molecule has 0 radical (unpaired) electrons. The summed E-state index contributed by atoms with van der Waals surface area (Å²) in [7, 11) is -3.50. The first-order valence-corrected chi connectivity index (χ1v) is 12.3. The fraction of sp³-hybridized carbons (Fsp3) is 0.333. The molecule has 0 unspecified atom stereocenters. The van der Waals surface area contributed by atoms with Gasteiger partial charge in [0.1, 0.15) is 0 Å². The predicted molar refractivity (Wildman–Crippen MR) is 118 cm³/mol. The van der Waals surface area contributed by atoms with Crippen LogP contribution in [0.5, 0.6) is 0 Å². The van der Waals surface area contributed by atoms with Gasteiger partial charge >= 0.3 is 0 Å². The normalized spacial score (nSPS) is 15.4. The molecule has 1 fully saturated rings. The van der Waals surface area contributed by atoms with Gasteiger partial charge in [-0.2, -0.15) is 9.41 Å². The summed E-state index contributed by atoms with van der Waals surface area (Å²) in [5, 5.41) is 3.98. The maximum atomic E-state index is 12.6. The van der Waals surface area contributed by atoms with Crippen molar-refractivity contribution >= 4 is 33.9 Å². The smallest absolute Gasteiger partial charge is 0.243 e. The Morgan fingerprint density at radius 3 is 2.43 bits per heavy atom. The van der Waals surface area contributed by atoms with Crippen molar-refractivity contribution in [3.05, 3.63) is 59.7 Å². The zero-order chi connectivity index (χ0) is 21.4. The van der Waals surface area contributed by atoms with E-state index < -0.39 is 10.0 Å². The van der Waals surface area contributed by atoms with Gasteiger partial charge in [0.05, 0.1) is 24.3 Å². The Kier molecular flexibility index (Phi) is 8.03. The van der Waals surface area contributed by atoms with Gasteiger partial charge in [0, 0.05) is 24.4 Å². The number of nitrogens with zero attached hydrogens (tertiary/aromatic N) is 2. The molecule has 0 atom stereocenters. The van der Waals surface area contributed by atoms with Crippen LogP contribution in [0.3, 0.4) is 0 Å². The van der Waals surface area contributed by atoms with Gasteiger partial charge in [-0.3, -0.25) is 4.79 Å². The predicted octanol–water partition coefficient (Wildman–Crippen LogP) is 2.51. The first-order valence-electron chi connectivity index (χ1n) is 9.62. The van der Waals surface area contributed by atoms with E-state index in [-0.39, 0.29) is 17.2 Å². The van der Waals surface area contributed by atoms with Crippen molar-refractivity contribution in [3.8, 4) is 0 Å². The lowest BCUT2D eigenvalue weighted by molar-refractivity contribution is -0.121. The maximum absolute atomic E-state index is 12.6. The van der Waals surface area contributed by atoms with Gasteiger partial charge in [0.15, 0.2) is 0 Å². The second kappa shape index (κ2) is 10.7. The highest BCUT2D eigenvalue weighted by atomic mass is 32.2. The summed E-state index contributed by atoms with van der Waals surface area (Å²) in [6, 6.07) is 14.5. The van der Waals surface area contributed by atoms with Gasteiger partial charge in [0.25, 0.3) is 0 Å². The van der Waals surface area contributed by atoms with Crippen molar-refractivity contribution < 1.29 is 17.9 Å². The summed E-state index contributed by atoms with van der Waals surface area (Å²) in [5.74, 6) is -0.197. The fourth-order valence-electron chi connectivity index (χ4n) is 2.95. The quantitative estimate of drug-likeness (QED) is 0.382. The Hall–Kier alpha value is -2.20. The molecule has 1 amide bonds. The Labute approximate surface area is 181 Å². The van der Waals surface area contributed by atoms with Crippen LogP contribution in [0, 0.1) is 0 Å². The Bertz CT molecular complexity index is 968. The molecule has 1 saturated heterocycles. The number of ether oxygens (including phenoxy) is 1. The van der Waals surface area contributed by atoms with Crippen LogP contribution in [0.15, 0.2) is 63.4 Å². The van der Waals surface area contributed by atoms with E-state index in [4.69, 9.17) is 4.74 Å². The van der Waals surface area contributed by atoms with Gasteiger partial charge in [-0.1, -0.05) is 24.3 Å². The summed E-state index contributed by atoms with van der Waals surface area (Å²) < 4.78 is 31.9. The van der Waals surface area contributed by atoms with Gasteiger partial charge in [-0.25, -0.2) is 13.8 Å². The number of rotatable bonds is 8. The summed E-state index contributed by atoms with van der Waals surface area (Å²) >= 11 is 1.66. The minimum atomic E-state index is -3.50. The lowest BCUT2D eigenvalue weighted by Crippen LogP contribution is -2.40. The number of benzene rings is 2. The van der Waals surface area contributed by atoms with Crippen molar-refractivity contribution in [1.82, 2.24) is 9.73 Å². The lowest BCUT2D eigenvalue weighted by atomic mass is 10.1. The highest BCUT2D eigenvalue weighted by Crippen LogP contribution is 2.18. The Balaban J connectivity index is 1.48. The molecular formula is C21H25N3O4S2. The Morgan fingerprint density at radius 1 is 1.13 bits per heavy atom. The molecule has 0 spiro atoms. The Morgan fingerprint density at radius 2 is 1.80 bits per heavy atom. The van der Waals surface area contributed by atoms with Crippen LogP contribution in [-0.2, 0) is 26.0 Å². The summed E-state index contributed by atoms with van der Waals surface area (Å²) in [6.45, 7) is 1.56. The van der Waals surface area contributed by atoms with Crippen molar-refractivity contribution in [2.24, 2.45) is 5.10 Å². The van der Waals surface area contributed by atoms with E-state index in [1.54, 1.807) is 42.2 Å². The van der Waals surface area contributed by atoms with Gasteiger partial charge in [0.2, 0.25) is 15.9 Å². The second-order valence-corrected chi connectivity index (χ2v) is 9.54. The molecule has 0 saturated carbocycles.